The third-order valence-electron chi connectivity index (χ3n) is 3.81. The molecule has 0 spiro atoms. The molecule has 0 atom stereocenters. The number of hydrogen-bond acceptors (Lipinski definition) is 4. The minimum absolute atomic E-state index is 0.614. The van der Waals surface area contributed by atoms with E-state index in [9.17, 15) is 0 Å². The molecule has 5 heteroatoms. The first-order valence-electron chi connectivity index (χ1n) is 8.22. The van der Waals surface area contributed by atoms with Gasteiger partial charge in [-0.1, -0.05) is 59.6 Å². The highest BCUT2D eigenvalue weighted by molar-refractivity contribution is 6.31. The van der Waals surface area contributed by atoms with Crippen molar-refractivity contribution in [1.29, 1.82) is 0 Å². The minimum atomic E-state index is 0.614. The van der Waals surface area contributed by atoms with Gasteiger partial charge in [-0.25, -0.2) is 4.98 Å². The third-order valence-corrected chi connectivity index (χ3v) is 4.17. The van der Waals surface area contributed by atoms with Crippen LogP contribution in [0.5, 0.6) is 0 Å². The van der Waals surface area contributed by atoms with Gasteiger partial charge in [-0.15, -0.1) is 0 Å². The lowest BCUT2D eigenvalue weighted by Crippen LogP contribution is -2.08. The molecule has 1 heterocycles. The number of aromatic nitrogens is 2. The molecule has 0 radical (unpaired) electrons. The van der Waals surface area contributed by atoms with E-state index in [-0.39, 0.29) is 0 Å². The molecule has 2 N–H and O–H groups in total. The first-order valence-corrected chi connectivity index (χ1v) is 8.60. The molecular formula is C20H21ClN4. The van der Waals surface area contributed by atoms with Crippen LogP contribution in [0.1, 0.15) is 22.4 Å². The number of rotatable bonds is 6. The van der Waals surface area contributed by atoms with Crippen molar-refractivity contribution in [2.24, 2.45) is 0 Å². The molecule has 3 aromatic rings. The molecule has 128 valence electrons. The van der Waals surface area contributed by atoms with Crippen molar-refractivity contribution in [3.8, 4) is 0 Å². The first kappa shape index (κ1) is 17.2. The van der Waals surface area contributed by atoms with Crippen LogP contribution in [-0.2, 0) is 13.1 Å². The number of nitrogens with one attached hydrogen (secondary N) is 2. The number of nitrogens with zero attached hydrogens (tertiary/aromatic N) is 2. The van der Waals surface area contributed by atoms with Crippen LogP contribution in [0, 0.1) is 13.8 Å². The first-order chi connectivity index (χ1) is 12.1. The molecule has 0 unspecified atom stereocenters. The van der Waals surface area contributed by atoms with Gasteiger partial charge in [0, 0.05) is 29.9 Å². The van der Waals surface area contributed by atoms with Crippen LogP contribution < -0.4 is 10.6 Å². The summed E-state index contributed by atoms with van der Waals surface area (Å²) in [5.41, 5.74) is 4.39. The van der Waals surface area contributed by atoms with Crippen LogP contribution in [0.4, 0.5) is 11.8 Å². The van der Waals surface area contributed by atoms with Crippen LogP contribution in [-0.4, -0.2) is 9.97 Å². The lowest BCUT2D eigenvalue weighted by atomic mass is 10.1. The van der Waals surface area contributed by atoms with E-state index in [0.717, 1.165) is 22.1 Å². The maximum Gasteiger partial charge on any atom is 0.225 e. The van der Waals surface area contributed by atoms with Crippen molar-refractivity contribution in [3.05, 3.63) is 82.0 Å². The van der Waals surface area contributed by atoms with E-state index in [0.29, 0.717) is 19.0 Å². The molecule has 0 fully saturated rings. The minimum Gasteiger partial charge on any atom is -0.366 e. The number of halogens is 1. The molecule has 1 aromatic heterocycles. The molecule has 0 bridgehead atoms. The van der Waals surface area contributed by atoms with E-state index in [2.05, 4.69) is 51.8 Å². The molecule has 0 amide bonds. The van der Waals surface area contributed by atoms with E-state index in [1.807, 2.05) is 37.3 Å². The Hall–Kier alpha value is -2.59. The van der Waals surface area contributed by atoms with Gasteiger partial charge < -0.3 is 10.6 Å². The van der Waals surface area contributed by atoms with E-state index in [4.69, 9.17) is 11.6 Å². The summed E-state index contributed by atoms with van der Waals surface area (Å²) in [5.74, 6) is 1.39. The third kappa shape index (κ3) is 4.94. The summed E-state index contributed by atoms with van der Waals surface area (Å²) >= 11 is 6.20. The second-order valence-corrected chi connectivity index (χ2v) is 6.41. The van der Waals surface area contributed by atoms with Crippen molar-refractivity contribution in [2.75, 3.05) is 10.6 Å². The molecule has 25 heavy (non-hydrogen) atoms. The Morgan fingerprint density at radius 2 is 1.72 bits per heavy atom. The number of hydrogen-bond donors (Lipinski definition) is 2. The van der Waals surface area contributed by atoms with Gasteiger partial charge in [0.15, 0.2) is 0 Å². The highest BCUT2D eigenvalue weighted by atomic mass is 35.5. The van der Waals surface area contributed by atoms with Crippen molar-refractivity contribution in [2.45, 2.75) is 26.9 Å². The van der Waals surface area contributed by atoms with Crippen molar-refractivity contribution >= 4 is 23.4 Å². The smallest absolute Gasteiger partial charge is 0.225 e. The zero-order valence-electron chi connectivity index (χ0n) is 14.4. The lowest BCUT2D eigenvalue weighted by Gasteiger charge is -2.11. The predicted octanol–water partition coefficient (Wildman–Crippen LogP) is 4.97. The van der Waals surface area contributed by atoms with Crippen LogP contribution in [0.3, 0.4) is 0 Å². The van der Waals surface area contributed by atoms with Crippen LogP contribution in [0.25, 0.3) is 0 Å². The monoisotopic (exact) mass is 352 g/mol. The second-order valence-electron chi connectivity index (χ2n) is 6.01. The van der Waals surface area contributed by atoms with Gasteiger partial charge in [0.25, 0.3) is 0 Å². The second kappa shape index (κ2) is 7.99. The average molecular weight is 353 g/mol. The van der Waals surface area contributed by atoms with Crippen molar-refractivity contribution in [3.63, 3.8) is 0 Å². The molecule has 4 nitrogen and oxygen atoms in total. The Kier molecular flexibility index (Phi) is 5.51. The quantitative estimate of drug-likeness (QED) is 0.657. The standard InChI is InChI=1S/C20H21ClN4/c1-14-6-5-7-16(10-14)12-23-20-24-15(2)11-19(25-20)22-13-17-8-3-4-9-18(17)21/h3-11H,12-13H2,1-2H3,(H2,22,23,24,25). The number of anilines is 2. The summed E-state index contributed by atoms with van der Waals surface area (Å²) in [5, 5.41) is 7.35. The van der Waals surface area contributed by atoms with Gasteiger partial charge >= 0.3 is 0 Å². The van der Waals surface area contributed by atoms with Gasteiger partial charge in [-0.2, -0.15) is 4.98 Å². The predicted molar refractivity (Wildman–Crippen MR) is 104 cm³/mol. The molecule has 0 saturated carbocycles. The lowest BCUT2D eigenvalue weighted by molar-refractivity contribution is 1.01. The van der Waals surface area contributed by atoms with Crippen molar-refractivity contribution < 1.29 is 0 Å². The zero-order valence-corrected chi connectivity index (χ0v) is 15.1. The fraction of sp³-hybridized carbons (Fsp3) is 0.200. The van der Waals surface area contributed by atoms with E-state index in [1.54, 1.807) is 0 Å². The summed E-state index contributed by atoms with van der Waals surface area (Å²) in [4.78, 5) is 8.99. The Labute approximate surface area is 153 Å². The Morgan fingerprint density at radius 3 is 2.52 bits per heavy atom. The zero-order chi connectivity index (χ0) is 17.6. The highest BCUT2D eigenvalue weighted by Crippen LogP contribution is 2.17. The van der Waals surface area contributed by atoms with Gasteiger partial charge in [-0.3, -0.25) is 0 Å². The van der Waals surface area contributed by atoms with E-state index >= 15 is 0 Å². The maximum atomic E-state index is 6.20. The molecule has 0 aliphatic heterocycles. The summed E-state index contributed by atoms with van der Waals surface area (Å²) in [7, 11) is 0. The SMILES string of the molecule is Cc1cccc(CNc2nc(C)cc(NCc3ccccc3Cl)n2)c1. The van der Waals surface area contributed by atoms with Crippen molar-refractivity contribution in [1.82, 2.24) is 9.97 Å². The Balaban J connectivity index is 1.67. The van der Waals surface area contributed by atoms with Gasteiger partial charge in [0.05, 0.1) is 0 Å². The highest BCUT2D eigenvalue weighted by Gasteiger charge is 2.04. The Bertz CT molecular complexity index is 864. The molecule has 0 aliphatic carbocycles. The molecule has 0 saturated heterocycles. The summed E-state index contributed by atoms with van der Waals surface area (Å²) < 4.78 is 0. The fourth-order valence-corrected chi connectivity index (χ4v) is 2.77. The van der Waals surface area contributed by atoms with Gasteiger partial charge in [0.1, 0.15) is 5.82 Å². The largest absolute Gasteiger partial charge is 0.366 e. The van der Waals surface area contributed by atoms with E-state index in [1.165, 1.54) is 11.1 Å². The van der Waals surface area contributed by atoms with Crippen LogP contribution >= 0.6 is 11.6 Å². The topological polar surface area (TPSA) is 49.8 Å². The Morgan fingerprint density at radius 1 is 0.880 bits per heavy atom. The summed E-state index contributed by atoms with van der Waals surface area (Å²) in [6.45, 7) is 5.35. The normalized spacial score (nSPS) is 10.5. The maximum absolute atomic E-state index is 6.20. The van der Waals surface area contributed by atoms with Gasteiger partial charge in [-0.05, 0) is 31.0 Å². The number of benzene rings is 2. The molecule has 2 aromatic carbocycles. The fourth-order valence-electron chi connectivity index (χ4n) is 2.57. The summed E-state index contributed by atoms with van der Waals surface area (Å²) in [6, 6.07) is 18.1. The van der Waals surface area contributed by atoms with Crippen LogP contribution in [0.2, 0.25) is 5.02 Å². The number of aryl methyl sites for hydroxylation is 2. The van der Waals surface area contributed by atoms with Gasteiger partial charge in [0.2, 0.25) is 5.95 Å². The molecular weight excluding hydrogens is 332 g/mol. The average Bonchev–Trinajstić information content (AvgIpc) is 2.59. The molecule has 0 aliphatic rings. The van der Waals surface area contributed by atoms with E-state index < -0.39 is 0 Å². The summed E-state index contributed by atoms with van der Waals surface area (Å²) in [6.07, 6.45) is 0. The molecule has 3 rings (SSSR count). The van der Waals surface area contributed by atoms with Crippen LogP contribution in [0.15, 0.2) is 54.6 Å².